The van der Waals surface area contributed by atoms with Crippen molar-refractivity contribution < 1.29 is 9.53 Å². The van der Waals surface area contributed by atoms with E-state index in [1.54, 1.807) is 28.7 Å². The molecule has 1 atom stereocenters. The summed E-state index contributed by atoms with van der Waals surface area (Å²) in [5.74, 6) is 0.734. The number of aromatic nitrogens is 2. The number of amides is 1. The Morgan fingerprint density at radius 3 is 2.47 bits per heavy atom. The summed E-state index contributed by atoms with van der Waals surface area (Å²) in [4.78, 5) is 32.8. The third-order valence-corrected chi connectivity index (χ3v) is 6.55. The Balaban J connectivity index is 2.14. The van der Waals surface area contributed by atoms with Gasteiger partial charge < -0.3 is 9.64 Å². The van der Waals surface area contributed by atoms with Crippen LogP contribution in [0.25, 0.3) is 16.6 Å². The minimum absolute atomic E-state index is 0.0308. The Bertz CT molecular complexity index is 1110. The number of halogens is 1. The van der Waals surface area contributed by atoms with E-state index in [0.717, 1.165) is 3.57 Å². The number of hydrogen-bond donors (Lipinski definition) is 0. The van der Waals surface area contributed by atoms with Gasteiger partial charge in [0.15, 0.2) is 5.16 Å². The van der Waals surface area contributed by atoms with E-state index in [0.29, 0.717) is 40.6 Å². The zero-order valence-electron chi connectivity index (χ0n) is 17.4. The lowest BCUT2D eigenvalue weighted by molar-refractivity contribution is -0.129. The van der Waals surface area contributed by atoms with Gasteiger partial charge in [0.1, 0.15) is 5.75 Å². The maximum Gasteiger partial charge on any atom is 0.266 e. The van der Waals surface area contributed by atoms with Crippen LogP contribution in [-0.4, -0.2) is 45.8 Å². The van der Waals surface area contributed by atoms with Crippen LogP contribution in [0.1, 0.15) is 20.8 Å². The van der Waals surface area contributed by atoms with Gasteiger partial charge in [0.2, 0.25) is 5.91 Å². The smallest absolute Gasteiger partial charge is 0.266 e. The molecule has 0 saturated carbocycles. The predicted molar refractivity (Wildman–Crippen MR) is 130 cm³/mol. The second kappa shape index (κ2) is 9.82. The highest BCUT2D eigenvalue weighted by atomic mass is 127. The van der Waals surface area contributed by atoms with Crippen LogP contribution in [0, 0.1) is 3.57 Å². The lowest BCUT2D eigenvalue weighted by Crippen LogP contribution is -2.36. The van der Waals surface area contributed by atoms with Crippen molar-refractivity contribution in [3.05, 3.63) is 56.4 Å². The number of ether oxygens (including phenoxy) is 1. The zero-order chi connectivity index (χ0) is 21.8. The van der Waals surface area contributed by atoms with Gasteiger partial charge in [-0.05, 0) is 85.8 Å². The first kappa shape index (κ1) is 22.6. The number of nitrogens with zero attached hydrogens (tertiary/aromatic N) is 3. The van der Waals surface area contributed by atoms with Gasteiger partial charge in [0.05, 0.1) is 29.0 Å². The molecule has 0 spiro atoms. The molecule has 3 aromatic rings. The molecule has 0 aliphatic rings. The van der Waals surface area contributed by atoms with Crippen LogP contribution in [0.5, 0.6) is 5.75 Å². The van der Waals surface area contributed by atoms with E-state index in [2.05, 4.69) is 22.6 Å². The molecular formula is C22H24IN3O3S. The first-order chi connectivity index (χ1) is 14.4. The number of fused-ring (bicyclic) bond motifs is 1. The van der Waals surface area contributed by atoms with Crippen LogP contribution in [0.15, 0.2) is 52.4 Å². The lowest BCUT2D eigenvalue weighted by Gasteiger charge is -2.23. The summed E-state index contributed by atoms with van der Waals surface area (Å²) < 4.78 is 7.78. The number of hydrogen-bond acceptors (Lipinski definition) is 5. The molecule has 0 aliphatic heterocycles. The van der Waals surface area contributed by atoms with Crippen LogP contribution in [0.4, 0.5) is 0 Å². The molecule has 8 heteroatoms. The highest BCUT2D eigenvalue weighted by Gasteiger charge is 2.23. The minimum Gasteiger partial charge on any atom is -0.497 e. The van der Waals surface area contributed by atoms with Crippen molar-refractivity contribution in [2.75, 3.05) is 20.2 Å². The topological polar surface area (TPSA) is 64.4 Å². The summed E-state index contributed by atoms with van der Waals surface area (Å²) in [6.45, 7) is 7.07. The Morgan fingerprint density at radius 2 is 1.87 bits per heavy atom. The van der Waals surface area contributed by atoms with E-state index < -0.39 is 0 Å². The number of methoxy groups -OCH3 is 1. The summed E-state index contributed by atoms with van der Waals surface area (Å²) in [5, 5.41) is 0.666. The summed E-state index contributed by atoms with van der Waals surface area (Å²) in [5.41, 5.74) is 1.14. The van der Waals surface area contributed by atoms with E-state index in [1.807, 2.05) is 51.1 Å². The molecule has 0 aliphatic carbocycles. The molecule has 158 valence electrons. The quantitative estimate of drug-likeness (QED) is 0.255. The Kier molecular flexibility index (Phi) is 7.41. The number of benzene rings is 2. The number of carbonyl (C=O) groups excluding carboxylic acids is 1. The number of rotatable bonds is 7. The van der Waals surface area contributed by atoms with E-state index in [1.165, 1.54) is 11.8 Å². The Hall–Kier alpha value is -2.07. The van der Waals surface area contributed by atoms with Crippen molar-refractivity contribution in [2.24, 2.45) is 0 Å². The van der Waals surface area contributed by atoms with Gasteiger partial charge in [0.25, 0.3) is 5.56 Å². The van der Waals surface area contributed by atoms with Gasteiger partial charge in [-0.2, -0.15) is 0 Å². The van der Waals surface area contributed by atoms with Crippen molar-refractivity contribution in [3.63, 3.8) is 0 Å². The van der Waals surface area contributed by atoms with Crippen molar-refractivity contribution in [1.29, 1.82) is 0 Å². The summed E-state index contributed by atoms with van der Waals surface area (Å²) in [7, 11) is 1.60. The first-order valence-corrected chi connectivity index (χ1v) is 11.7. The van der Waals surface area contributed by atoms with Crippen molar-refractivity contribution in [2.45, 2.75) is 31.2 Å². The lowest BCUT2D eigenvalue weighted by atomic mass is 10.2. The fourth-order valence-electron chi connectivity index (χ4n) is 3.18. The highest BCUT2D eigenvalue weighted by Crippen LogP contribution is 2.27. The zero-order valence-corrected chi connectivity index (χ0v) is 20.4. The summed E-state index contributed by atoms with van der Waals surface area (Å²) in [6.07, 6.45) is 0. The molecule has 30 heavy (non-hydrogen) atoms. The van der Waals surface area contributed by atoms with Crippen LogP contribution in [0.3, 0.4) is 0 Å². The van der Waals surface area contributed by atoms with Crippen LogP contribution in [0.2, 0.25) is 0 Å². The predicted octanol–water partition coefficient (Wildman–Crippen LogP) is 4.35. The standard InChI is InChI=1S/C22H24IN3O3S/c1-5-25(6-2)20(27)14(3)30-22-24-19-12-7-15(23)13-18(19)21(28)26(22)16-8-10-17(29-4)11-9-16/h7-14H,5-6H2,1-4H3/t14-/m1/s1. The average molecular weight is 537 g/mol. The third-order valence-electron chi connectivity index (χ3n) is 4.84. The molecule has 0 unspecified atom stereocenters. The average Bonchev–Trinajstić information content (AvgIpc) is 2.75. The molecule has 0 bridgehead atoms. The molecular weight excluding hydrogens is 513 g/mol. The maximum atomic E-state index is 13.4. The monoisotopic (exact) mass is 537 g/mol. The van der Waals surface area contributed by atoms with Gasteiger partial charge in [0, 0.05) is 16.7 Å². The second-order valence-corrected chi connectivity index (χ2v) is 9.22. The molecule has 1 aromatic heterocycles. The highest BCUT2D eigenvalue weighted by molar-refractivity contribution is 14.1. The molecule has 0 fully saturated rings. The van der Waals surface area contributed by atoms with Gasteiger partial charge in [-0.25, -0.2) is 4.98 Å². The SMILES string of the molecule is CCN(CC)C(=O)[C@@H](C)Sc1nc2ccc(I)cc2c(=O)n1-c1ccc(OC)cc1. The fourth-order valence-corrected chi connectivity index (χ4v) is 4.68. The van der Waals surface area contributed by atoms with Crippen LogP contribution < -0.4 is 10.3 Å². The molecule has 2 aromatic carbocycles. The largest absolute Gasteiger partial charge is 0.497 e. The second-order valence-electron chi connectivity index (χ2n) is 6.67. The minimum atomic E-state index is -0.373. The Labute approximate surface area is 193 Å². The third kappa shape index (κ3) is 4.64. The fraction of sp³-hybridized carbons (Fsp3) is 0.318. The Morgan fingerprint density at radius 1 is 1.20 bits per heavy atom. The molecule has 1 heterocycles. The van der Waals surface area contributed by atoms with Crippen molar-refractivity contribution in [3.8, 4) is 11.4 Å². The van der Waals surface area contributed by atoms with Crippen molar-refractivity contribution in [1.82, 2.24) is 14.5 Å². The maximum absolute atomic E-state index is 13.4. The summed E-state index contributed by atoms with van der Waals surface area (Å²) >= 11 is 3.49. The van der Waals surface area contributed by atoms with Crippen LogP contribution in [-0.2, 0) is 4.79 Å². The first-order valence-electron chi connectivity index (χ1n) is 9.71. The van der Waals surface area contributed by atoms with Gasteiger partial charge in [-0.1, -0.05) is 11.8 Å². The number of thioether (sulfide) groups is 1. The van der Waals surface area contributed by atoms with E-state index >= 15 is 0 Å². The number of carbonyl (C=O) groups is 1. The summed E-state index contributed by atoms with van der Waals surface area (Å²) in [6, 6.07) is 12.9. The molecule has 0 radical (unpaired) electrons. The van der Waals surface area contributed by atoms with Gasteiger partial charge in [-0.3, -0.25) is 14.2 Å². The molecule has 1 amide bonds. The van der Waals surface area contributed by atoms with Gasteiger partial charge >= 0.3 is 0 Å². The van der Waals surface area contributed by atoms with E-state index in [-0.39, 0.29) is 16.7 Å². The molecule has 0 N–H and O–H groups in total. The molecule has 3 rings (SSSR count). The van der Waals surface area contributed by atoms with E-state index in [4.69, 9.17) is 9.72 Å². The normalized spacial score (nSPS) is 12.0. The van der Waals surface area contributed by atoms with Crippen LogP contribution >= 0.6 is 34.4 Å². The van der Waals surface area contributed by atoms with E-state index in [9.17, 15) is 9.59 Å². The molecule has 6 nitrogen and oxygen atoms in total. The molecule has 0 saturated heterocycles. The van der Waals surface area contributed by atoms with Crippen molar-refractivity contribution >= 4 is 51.2 Å². The van der Waals surface area contributed by atoms with Gasteiger partial charge in [-0.15, -0.1) is 0 Å².